The Kier molecular flexibility index (Phi) is 8.25. The number of imide groups is 1. The van der Waals surface area contributed by atoms with E-state index in [0.717, 1.165) is 50.1 Å². The molecule has 2 atom stereocenters. The van der Waals surface area contributed by atoms with Gasteiger partial charge in [0.25, 0.3) is 0 Å². The first kappa shape index (κ1) is 29.2. The van der Waals surface area contributed by atoms with Gasteiger partial charge in [0.2, 0.25) is 17.7 Å². The summed E-state index contributed by atoms with van der Waals surface area (Å²) in [6.45, 7) is 4.07. The Morgan fingerprint density at radius 1 is 1.00 bits per heavy atom. The van der Waals surface area contributed by atoms with Crippen LogP contribution in [0, 0.1) is 5.92 Å². The SMILES string of the molecule is O=C(C(CC(=O)N1CCC2(C=NOc3ccccc32)CC1=O)Cc1ccc2ccsc2c1)N1CCC(N2CCCCC2)CC1. The molecule has 4 aliphatic rings. The van der Waals surface area contributed by atoms with Crippen LogP contribution in [0.25, 0.3) is 10.1 Å². The third-order valence-corrected chi connectivity index (χ3v) is 11.1. The molecule has 8 nitrogen and oxygen atoms in total. The number of para-hydroxylation sites is 1. The first-order chi connectivity index (χ1) is 21.5. The number of likely N-dealkylation sites (tertiary alicyclic amines) is 3. The van der Waals surface area contributed by atoms with E-state index in [-0.39, 0.29) is 30.6 Å². The van der Waals surface area contributed by atoms with Crippen molar-refractivity contribution in [2.45, 2.75) is 69.2 Å². The van der Waals surface area contributed by atoms with Crippen molar-refractivity contribution in [3.8, 4) is 5.75 Å². The quantitative estimate of drug-likeness (QED) is 0.373. The zero-order valence-electron chi connectivity index (χ0n) is 25.2. The van der Waals surface area contributed by atoms with Crippen molar-refractivity contribution in [2.75, 3.05) is 32.7 Å². The molecule has 1 spiro atoms. The average molecular weight is 613 g/mol. The number of thiophene rings is 1. The Morgan fingerprint density at radius 3 is 2.64 bits per heavy atom. The molecule has 3 aromatic rings. The predicted octanol–water partition coefficient (Wildman–Crippen LogP) is 5.39. The van der Waals surface area contributed by atoms with Crippen LogP contribution in [0.1, 0.15) is 62.5 Å². The number of piperidine rings is 3. The van der Waals surface area contributed by atoms with E-state index in [1.165, 1.54) is 34.2 Å². The Morgan fingerprint density at radius 2 is 1.82 bits per heavy atom. The molecule has 5 heterocycles. The summed E-state index contributed by atoms with van der Waals surface area (Å²) < 4.78 is 1.18. The second kappa shape index (κ2) is 12.4. The van der Waals surface area contributed by atoms with Gasteiger partial charge in [-0.1, -0.05) is 41.9 Å². The third kappa shape index (κ3) is 5.79. The standard InChI is InChI=1S/C35H40N4O4S/c40-32(39-18-13-35(23-33(39)41)24-36-43-30-7-3-2-6-29(30)35)22-27(20-25-8-9-26-12-19-44-31(26)21-25)34(42)38-16-10-28(11-17-38)37-14-4-1-5-15-37/h2-3,6-9,12,19,21,24,27-28H,1,4-5,10-11,13-18,20,22-23H2. The van der Waals surface area contributed by atoms with Gasteiger partial charge in [-0.15, -0.1) is 11.3 Å². The summed E-state index contributed by atoms with van der Waals surface area (Å²) in [6.07, 6.45) is 8.76. The molecule has 0 N–H and O–H groups in total. The van der Waals surface area contributed by atoms with Crippen molar-refractivity contribution in [3.63, 3.8) is 0 Å². The van der Waals surface area contributed by atoms with Crippen molar-refractivity contribution in [2.24, 2.45) is 11.1 Å². The molecule has 0 saturated carbocycles. The smallest absolute Gasteiger partial charge is 0.230 e. The Hall–Kier alpha value is -3.56. The second-order valence-corrected chi connectivity index (χ2v) is 13.8. The van der Waals surface area contributed by atoms with Gasteiger partial charge in [-0.2, -0.15) is 0 Å². The monoisotopic (exact) mass is 612 g/mol. The Labute approximate surface area is 262 Å². The van der Waals surface area contributed by atoms with Crippen LogP contribution in [0.4, 0.5) is 0 Å². The molecule has 2 aromatic carbocycles. The highest BCUT2D eigenvalue weighted by Gasteiger charge is 2.45. The molecule has 3 fully saturated rings. The average Bonchev–Trinajstić information content (AvgIpc) is 3.53. The minimum atomic E-state index is -0.577. The fourth-order valence-electron chi connectivity index (χ4n) is 7.68. The normalized spacial score (nSPS) is 23.5. The molecule has 0 aliphatic carbocycles. The molecule has 0 radical (unpaired) electrons. The summed E-state index contributed by atoms with van der Waals surface area (Å²) in [6, 6.07) is 16.6. The number of carbonyl (C=O) groups is 3. The lowest BCUT2D eigenvalue weighted by molar-refractivity contribution is -0.151. The van der Waals surface area contributed by atoms with Gasteiger partial charge in [-0.05, 0) is 86.1 Å². The van der Waals surface area contributed by atoms with Crippen LogP contribution in [0.5, 0.6) is 5.75 Å². The number of oxime groups is 1. The van der Waals surface area contributed by atoms with Gasteiger partial charge < -0.3 is 14.6 Å². The number of hydrogen-bond donors (Lipinski definition) is 0. The van der Waals surface area contributed by atoms with E-state index in [4.69, 9.17) is 4.84 Å². The molecule has 9 heteroatoms. The molecule has 1 aromatic heterocycles. The lowest BCUT2D eigenvalue weighted by atomic mass is 9.72. The summed E-state index contributed by atoms with van der Waals surface area (Å²) in [5.41, 5.74) is 1.40. The Balaban J connectivity index is 1.06. The van der Waals surface area contributed by atoms with E-state index >= 15 is 0 Å². The third-order valence-electron chi connectivity index (χ3n) is 10.2. The number of fused-ring (bicyclic) bond motifs is 3. The Bertz CT molecular complexity index is 1570. The molecular formula is C35H40N4O4S. The lowest BCUT2D eigenvalue weighted by Gasteiger charge is -2.41. The maximum atomic E-state index is 14.1. The highest BCUT2D eigenvalue weighted by Crippen LogP contribution is 2.42. The van der Waals surface area contributed by atoms with Crippen molar-refractivity contribution >= 4 is 45.4 Å². The maximum absolute atomic E-state index is 14.1. The number of rotatable bonds is 6. The molecule has 2 unspecified atom stereocenters. The fourth-order valence-corrected chi connectivity index (χ4v) is 8.53. The molecule has 4 aliphatic heterocycles. The fraction of sp³-hybridized carbons (Fsp3) is 0.486. The molecule has 3 saturated heterocycles. The van der Waals surface area contributed by atoms with E-state index in [1.807, 2.05) is 29.2 Å². The van der Waals surface area contributed by atoms with Gasteiger partial charge in [0.1, 0.15) is 0 Å². The van der Waals surface area contributed by atoms with Crippen LogP contribution in [0.2, 0.25) is 0 Å². The first-order valence-electron chi connectivity index (χ1n) is 16.1. The van der Waals surface area contributed by atoms with Crippen LogP contribution < -0.4 is 4.84 Å². The van der Waals surface area contributed by atoms with Crippen molar-refractivity contribution in [3.05, 3.63) is 65.0 Å². The van der Waals surface area contributed by atoms with Crippen molar-refractivity contribution in [1.82, 2.24) is 14.7 Å². The van der Waals surface area contributed by atoms with Gasteiger partial charge in [0, 0.05) is 54.2 Å². The zero-order chi connectivity index (χ0) is 30.1. The molecule has 230 valence electrons. The van der Waals surface area contributed by atoms with Crippen LogP contribution in [0.15, 0.2) is 59.1 Å². The van der Waals surface area contributed by atoms with Crippen molar-refractivity contribution < 1.29 is 19.2 Å². The topological polar surface area (TPSA) is 82.5 Å². The number of benzene rings is 2. The second-order valence-electron chi connectivity index (χ2n) is 12.9. The minimum Gasteiger partial charge on any atom is -0.357 e. The number of hydrogen-bond acceptors (Lipinski definition) is 7. The van der Waals surface area contributed by atoms with Crippen LogP contribution in [-0.4, -0.2) is 77.4 Å². The maximum Gasteiger partial charge on any atom is 0.230 e. The van der Waals surface area contributed by atoms with E-state index in [9.17, 15) is 14.4 Å². The van der Waals surface area contributed by atoms with Gasteiger partial charge in [-0.25, -0.2) is 0 Å². The molecule has 0 bridgehead atoms. The summed E-state index contributed by atoms with van der Waals surface area (Å²) >= 11 is 1.68. The minimum absolute atomic E-state index is 0.0277. The van der Waals surface area contributed by atoms with Gasteiger partial charge in [0.05, 0.1) is 12.1 Å². The summed E-state index contributed by atoms with van der Waals surface area (Å²) in [5, 5.41) is 7.35. The number of nitrogens with zero attached hydrogens (tertiary/aromatic N) is 4. The molecular weight excluding hydrogens is 572 g/mol. The van der Waals surface area contributed by atoms with E-state index < -0.39 is 11.3 Å². The summed E-state index contributed by atoms with van der Waals surface area (Å²) in [5.74, 6) is -0.313. The lowest BCUT2D eigenvalue weighted by Crippen LogP contribution is -2.52. The zero-order valence-corrected chi connectivity index (χ0v) is 26.0. The number of carbonyl (C=O) groups excluding carboxylic acids is 3. The first-order valence-corrected chi connectivity index (χ1v) is 17.0. The highest BCUT2D eigenvalue weighted by atomic mass is 32.1. The highest BCUT2D eigenvalue weighted by molar-refractivity contribution is 7.17. The molecule has 7 rings (SSSR count). The van der Waals surface area contributed by atoms with Crippen LogP contribution in [-0.2, 0) is 26.2 Å². The van der Waals surface area contributed by atoms with Crippen LogP contribution >= 0.6 is 11.3 Å². The largest absolute Gasteiger partial charge is 0.357 e. The van der Waals surface area contributed by atoms with Gasteiger partial charge >= 0.3 is 0 Å². The van der Waals surface area contributed by atoms with Crippen molar-refractivity contribution in [1.29, 1.82) is 0 Å². The molecule has 44 heavy (non-hydrogen) atoms. The number of amides is 3. The summed E-state index contributed by atoms with van der Waals surface area (Å²) in [7, 11) is 0. The predicted molar refractivity (Wildman–Crippen MR) is 172 cm³/mol. The van der Waals surface area contributed by atoms with E-state index in [2.05, 4.69) is 39.7 Å². The van der Waals surface area contributed by atoms with Gasteiger partial charge in [-0.3, -0.25) is 19.3 Å². The van der Waals surface area contributed by atoms with Gasteiger partial charge in [0.15, 0.2) is 5.75 Å². The summed E-state index contributed by atoms with van der Waals surface area (Å²) in [4.78, 5) is 52.9. The molecule has 3 amide bonds. The van der Waals surface area contributed by atoms with E-state index in [1.54, 1.807) is 17.6 Å². The van der Waals surface area contributed by atoms with Crippen LogP contribution in [0.3, 0.4) is 0 Å². The van der Waals surface area contributed by atoms with E-state index in [0.29, 0.717) is 31.2 Å².